The Hall–Kier alpha value is -2.06. The molecule has 0 spiro atoms. The first-order chi connectivity index (χ1) is 34.7. The summed E-state index contributed by atoms with van der Waals surface area (Å²) in [7, 11) is 0. The van der Waals surface area contributed by atoms with E-state index in [1.54, 1.807) is 0 Å². The van der Waals surface area contributed by atoms with Crippen LogP contribution in [0.5, 0.6) is 0 Å². The number of carbonyl (C=O) groups is 5. The van der Waals surface area contributed by atoms with E-state index in [-0.39, 0.29) is 19.3 Å². The minimum absolute atomic E-state index is 0.189. The summed E-state index contributed by atoms with van der Waals surface area (Å²) in [5, 5.41) is 0. The van der Waals surface area contributed by atoms with Gasteiger partial charge in [0.25, 0.3) is 0 Å². The minimum atomic E-state index is -9.75. The Morgan fingerprint density at radius 3 is 0.611 bits per heavy atom. The first-order valence-electron chi connectivity index (χ1n) is 31.3. The maximum absolute atomic E-state index is 17.7. The molecule has 0 saturated heterocycles. The van der Waals surface area contributed by atoms with Crippen molar-refractivity contribution in [2.45, 2.75) is 347 Å². The summed E-state index contributed by atoms with van der Waals surface area (Å²) in [5.41, 5.74) is 0. The van der Waals surface area contributed by atoms with E-state index in [4.69, 9.17) is 6.64 Å². The number of unbranched alkanes of at least 4 members (excludes halogenated alkanes) is 42. The molecule has 0 aliphatic carbocycles. The SMILES string of the molecule is C=CC(=O)[O][Ti](=[O])([O]C(=O)C=C)([C](=O)CCCCCCCCCCCCCCCCC)([C](=O)CCCCCCCCCCCCCCCCC)([C](=O)CCCCCCCCCCCCCCCCC)[CH](C)C. The third kappa shape index (κ3) is 22.3. The Morgan fingerprint density at radius 2 is 0.472 bits per heavy atom. The molecule has 422 valence electrons. The monoisotopic (exact) mass is 1050 g/mol. The van der Waals surface area contributed by atoms with Gasteiger partial charge in [0.1, 0.15) is 0 Å². The van der Waals surface area contributed by atoms with Crippen LogP contribution in [0.15, 0.2) is 25.3 Å². The summed E-state index contributed by atoms with van der Waals surface area (Å²) in [6.45, 7) is 16.4. The molecule has 0 aliphatic rings. The average Bonchev–Trinajstić information content (AvgIpc) is 3.37. The summed E-state index contributed by atoms with van der Waals surface area (Å²) in [6.07, 6.45) is 48.8. The van der Waals surface area contributed by atoms with Crippen molar-refractivity contribution in [2.24, 2.45) is 0 Å². The van der Waals surface area contributed by atoms with Crippen LogP contribution in [0.3, 0.4) is 0 Å². The van der Waals surface area contributed by atoms with Crippen LogP contribution in [-0.2, 0) is 47.4 Å². The second kappa shape index (κ2) is 40.2. The van der Waals surface area contributed by atoms with Crippen LogP contribution in [0.2, 0.25) is 4.22 Å². The third-order valence-electron chi connectivity index (χ3n) is 17.1. The molecule has 8 nitrogen and oxygen atoms in total. The topological polar surface area (TPSA) is 121 Å². The second-order valence-corrected chi connectivity index (χ2v) is 35.4. The Kier molecular flexibility index (Phi) is 39.1. The van der Waals surface area contributed by atoms with Gasteiger partial charge in [0.2, 0.25) is 0 Å². The van der Waals surface area contributed by atoms with Gasteiger partial charge >= 0.3 is 327 Å². The van der Waals surface area contributed by atoms with Crippen molar-refractivity contribution in [1.82, 2.24) is 0 Å². The number of hydrogen-bond donors (Lipinski definition) is 0. The quantitative estimate of drug-likeness (QED) is 0.0335. The number of hydrogen-bond acceptors (Lipinski definition) is 8. The molecule has 0 aromatic carbocycles. The molecule has 0 radical (unpaired) electrons. The van der Waals surface area contributed by atoms with Crippen molar-refractivity contribution >= 4 is 24.2 Å². The molecule has 72 heavy (non-hydrogen) atoms. The molecule has 0 aliphatic heterocycles. The van der Waals surface area contributed by atoms with Crippen molar-refractivity contribution in [3.63, 3.8) is 0 Å². The normalized spacial score (nSPS) is 13.2. The third-order valence-corrected chi connectivity index (χ3v) is 32.9. The molecule has 0 aromatic heterocycles. The summed E-state index contributed by atoms with van der Waals surface area (Å²) in [5.74, 6) is -2.79. The molecule has 0 unspecified atom stereocenters. The summed E-state index contributed by atoms with van der Waals surface area (Å²) >= 11 is -9.75. The van der Waals surface area contributed by atoms with Gasteiger partial charge in [-0.15, -0.1) is 0 Å². The van der Waals surface area contributed by atoms with Gasteiger partial charge in [-0.2, -0.15) is 0 Å². The molecule has 0 fully saturated rings. The molecule has 0 heterocycles. The molecule has 0 rings (SSSR count). The molecule has 0 bridgehead atoms. The fourth-order valence-electron chi connectivity index (χ4n) is 11.7. The first kappa shape index (κ1) is 69.9. The summed E-state index contributed by atoms with van der Waals surface area (Å²) in [6, 6.07) is 0. The zero-order chi connectivity index (χ0) is 53.6. The van der Waals surface area contributed by atoms with Crippen LogP contribution >= 0.6 is 0 Å². The molecular formula is C63H118O8Ti. The van der Waals surface area contributed by atoms with Crippen LogP contribution in [0.4, 0.5) is 0 Å². The summed E-state index contributed by atoms with van der Waals surface area (Å²) < 4.78 is 23.9. The van der Waals surface area contributed by atoms with E-state index in [1.165, 1.54) is 187 Å². The maximum atomic E-state index is 17.7. The fraction of sp³-hybridized carbons (Fsp3) is 0.857. The number of rotatable bonds is 56. The number of carbonyl (C=O) groups excluding carboxylic acids is 5. The van der Waals surface area contributed by atoms with Gasteiger partial charge in [-0.25, -0.2) is 0 Å². The van der Waals surface area contributed by atoms with Gasteiger partial charge in [-0.1, -0.05) is 117 Å². The van der Waals surface area contributed by atoms with E-state index in [0.717, 1.165) is 77.0 Å². The average molecular weight is 1050 g/mol. The van der Waals surface area contributed by atoms with Crippen molar-refractivity contribution in [2.75, 3.05) is 0 Å². The fourth-order valence-corrected chi connectivity index (χ4v) is 24.2. The molecule has 0 saturated carbocycles. The predicted molar refractivity (Wildman–Crippen MR) is 302 cm³/mol. The van der Waals surface area contributed by atoms with Crippen LogP contribution < -0.4 is 0 Å². The Morgan fingerprint density at radius 1 is 0.319 bits per heavy atom. The van der Waals surface area contributed by atoms with E-state index in [0.29, 0.717) is 31.4 Å². The van der Waals surface area contributed by atoms with Gasteiger partial charge in [-0.05, 0) is 0 Å². The van der Waals surface area contributed by atoms with Crippen LogP contribution in [0, 0.1) is 0 Å². The zero-order valence-corrected chi connectivity index (χ0v) is 49.9. The molecule has 0 aromatic rings. The van der Waals surface area contributed by atoms with E-state index in [9.17, 15) is 9.59 Å². The second-order valence-electron chi connectivity index (χ2n) is 23.1. The van der Waals surface area contributed by atoms with Crippen LogP contribution in [0.1, 0.15) is 343 Å². The van der Waals surface area contributed by atoms with Gasteiger partial charge in [0.05, 0.1) is 0 Å². The van der Waals surface area contributed by atoms with Gasteiger partial charge in [0, 0.05) is 0 Å². The zero-order valence-electron chi connectivity index (χ0n) is 48.4. The standard InChI is InChI=1S/3C18H35O.2C3H4O2.C3H7.O.Ti/c3*1-2-3-4-5-6-7-8-9-10-11-12-13-14-15-16-17-18-19;2*1-2-3(4)5;1-3-2;;/h3*2-17H2,1H3;2*2H,1H2,(H,4,5);3H,1-2H3;;/q;;;;;;;+2/p-2. The van der Waals surface area contributed by atoms with E-state index < -0.39 is 61.2 Å². The van der Waals surface area contributed by atoms with E-state index in [1.807, 2.05) is 0 Å². The van der Waals surface area contributed by atoms with Gasteiger partial charge < -0.3 is 0 Å². The Bertz CT molecular complexity index is 1450. The first-order valence-corrected chi connectivity index (χ1v) is 36.5. The molecule has 0 N–H and O–H groups in total. The Balaban J connectivity index is 6.20. The van der Waals surface area contributed by atoms with Crippen LogP contribution in [-0.4, -0.2) is 24.2 Å². The van der Waals surface area contributed by atoms with Crippen molar-refractivity contribution in [1.29, 1.82) is 0 Å². The van der Waals surface area contributed by atoms with Crippen LogP contribution in [0.25, 0.3) is 0 Å². The van der Waals surface area contributed by atoms with E-state index >= 15 is 17.7 Å². The van der Waals surface area contributed by atoms with Gasteiger partial charge in [-0.3, -0.25) is 0 Å². The molecular weight excluding hydrogens is 933 g/mol. The van der Waals surface area contributed by atoms with Crippen molar-refractivity contribution in [3.05, 3.63) is 25.3 Å². The predicted octanol–water partition coefficient (Wildman–Crippen LogP) is 20.6. The summed E-state index contributed by atoms with van der Waals surface area (Å²) in [4.78, 5) is 74.4. The molecule has 0 atom stereocenters. The Labute approximate surface area is 441 Å². The van der Waals surface area contributed by atoms with E-state index in [2.05, 4.69) is 33.9 Å². The van der Waals surface area contributed by atoms with Gasteiger partial charge in [0.15, 0.2) is 0 Å². The van der Waals surface area contributed by atoms with Crippen molar-refractivity contribution in [3.8, 4) is 0 Å². The van der Waals surface area contributed by atoms with Crippen molar-refractivity contribution < 1.29 is 47.4 Å². The molecule has 0 amide bonds. The molecule has 9 heteroatoms.